The quantitative estimate of drug-likeness (QED) is 0.558. The minimum atomic E-state index is -0.812. The lowest BCUT2D eigenvalue weighted by Gasteiger charge is -2.11. The standard InChI is InChI=1S/C11H8FNO4/c1-17-8(14)5-13-10(15)6-3-2-4-7(12)9(6)11(13)16/h2-4H,5H2,1H3. The summed E-state index contributed by atoms with van der Waals surface area (Å²) in [4.78, 5) is 35.2. The van der Waals surface area contributed by atoms with Crippen molar-refractivity contribution in [2.45, 2.75) is 0 Å². The molecular formula is C11H8FNO4. The Morgan fingerprint density at radius 2 is 2.06 bits per heavy atom. The number of benzene rings is 1. The van der Waals surface area contributed by atoms with E-state index in [2.05, 4.69) is 4.74 Å². The third-order valence-electron chi connectivity index (χ3n) is 2.46. The summed E-state index contributed by atoms with van der Waals surface area (Å²) in [6.07, 6.45) is 0. The van der Waals surface area contributed by atoms with Crippen molar-refractivity contribution in [3.05, 3.63) is 35.1 Å². The van der Waals surface area contributed by atoms with Crippen molar-refractivity contribution >= 4 is 17.8 Å². The van der Waals surface area contributed by atoms with Crippen molar-refractivity contribution in [3.63, 3.8) is 0 Å². The summed E-state index contributed by atoms with van der Waals surface area (Å²) < 4.78 is 17.8. The molecular weight excluding hydrogens is 229 g/mol. The van der Waals surface area contributed by atoms with Gasteiger partial charge in [0.25, 0.3) is 11.8 Å². The Kier molecular flexibility index (Phi) is 2.63. The largest absolute Gasteiger partial charge is 0.468 e. The summed E-state index contributed by atoms with van der Waals surface area (Å²) in [5.74, 6) is -3.00. The van der Waals surface area contributed by atoms with Crippen LogP contribution in [0.2, 0.25) is 0 Å². The second-order valence-corrected chi connectivity index (χ2v) is 3.43. The van der Waals surface area contributed by atoms with Gasteiger partial charge in [0, 0.05) is 0 Å². The zero-order valence-corrected chi connectivity index (χ0v) is 8.90. The van der Waals surface area contributed by atoms with E-state index in [-0.39, 0.29) is 11.1 Å². The fraction of sp³-hybridized carbons (Fsp3) is 0.182. The van der Waals surface area contributed by atoms with Crippen LogP contribution in [0.3, 0.4) is 0 Å². The summed E-state index contributed by atoms with van der Waals surface area (Å²) >= 11 is 0. The number of esters is 1. The summed E-state index contributed by atoms with van der Waals surface area (Å²) in [5.41, 5.74) is -0.319. The lowest BCUT2D eigenvalue weighted by Crippen LogP contribution is -2.35. The van der Waals surface area contributed by atoms with Gasteiger partial charge in [0.15, 0.2) is 0 Å². The van der Waals surface area contributed by atoms with Gasteiger partial charge in [0.2, 0.25) is 0 Å². The average Bonchev–Trinajstić information content (AvgIpc) is 2.55. The molecule has 0 saturated carbocycles. The molecule has 2 amide bonds. The first-order valence-corrected chi connectivity index (χ1v) is 4.77. The summed E-state index contributed by atoms with van der Waals surface area (Å²) in [7, 11) is 1.14. The first-order chi connectivity index (χ1) is 8.06. The van der Waals surface area contributed by atoms with Crippen LogP contribution in [0.5, 0.6) is 0 Å². The van der Waals surface area contributed by atoms with Gasteiger partial charge < -0.3 is 4.74 Å². The fourth-order valence-corrected chi connectivity index (χ4v) is 1.63. The normalized spacial score (nSPS) is 13.9. The zero-order valence-electron chi connectivity index (χ0n) is 8.90. The number of nitrogens with zero attached hydrogens (tertiary/aromatic N) is 1. The van der Waals surface area contributed by atoms with E-state index < -0.39 is 30.1 Å². The van der Waals surface area contributed by atoms with Gasteiger partial charge >= 0.3 is 5.97 Å². The maximum absolute atomic E-state index is 13.4. The number of carbonyl (C=O) groups excluding carboxylic acids is 3. The second kappa shape index (κ2) is 3.97. The molecule has 1 aromatic carbocycles. The van der Waals surface area contributed by atoms with Crippen molar-refractivity contribution in [3.8, 4) is 0 Å². The molecule has 2 rings (SSSR count). The van der Waals surface area contributed by atoms with Gasteiger partial charge in [-0.3, -0.25) is 19.3 Å². The number of fused-ring (bicyclic) bond motifs is 1. The molecule has 1 aliphatic heterocycles. The molecule has 0 atom stereocenters. The fourth-order valence-electron chi connectivity index (χ4n) is 1.63. The molecule has 88 valence electrons. The Balaban J connectivity index is 2.39. The highest BCUT2D eigenvalue weighted by molar-refractivity contribution is 6.22. The molecule has 17 heavy (non-hydrogen) atoms. The minimum Gasteiger partial charge on any atom is -0.468 e. The Bertz CT molecular complexity index is 526. The molecule has 1 heterocycles. The lowest BCUT2D eigenvalue weighted by atomic mass is 10.1. The van der Waals surface area contributed by atoms with Crippen LogP contribution >= 0.6 is 0 Å². The predicted molar refractivity (Wildman–Crippen MR) is 53.8 cm³/mol. The van der Waals surface area contributed by atoms with E-state index in [9.17, 15) is 18.8 Å². The maximum atomic E-state index is 13.4. The lowest BCUT2D eigenvalue weighted by molar-refractivity contribution is -0.140. The van der Waals surface area contributed by atoms with Crippen LogP contribution in [0.1, 0.15) is 20.7 Å². The van der Waals surface area contributed by atoms with Crippen LogP contribution in [0.25, 0.3) is 0 Å². The highest BCUT2D eigenvalue weighted by atomic mass is 19.1. The van der Waals surface area contributed by atoms with Gasteiger partial charge in [-0.2, -0.15) is 0 Å². The molecule has 0 aromatic heterocycles. The average molecular weight is 237 g/mol. The SMILES string of the molecule is COC(=O)CN1C(=O)c2cccc(F)c2C1=O. The van der Waals surface area contributed by atoms with Crippen molar-refractivity contribution in [2.75, 3.05) is 13.7 Å². The van der Waals surface area contributed by atoms with Crippen LogP contribution in [0.4, 0.5) is 4.39 Å². The molecule has 1 aliphatic rings. The third kappa shape index (κ3) is 1.67. The number of halogens is 1. The van der Waals surface area contributed by atoms with Gasteiger partial charge in [-0.05, 0) is 12.1 Å². The molecule has 0 bridgehead atoms. The third-order valence-corrected chi connectivity index (χ3v) is 2.46. The highest BCUT2D eigenvalue weighted by Gasteiger charge is 2.38. The molecule has 0 spiro atoms. The summed E-state index contributed by atoms with van der Waals surface area (Å²) in [5, 5.41) is 0. The molecule has 0 saturated heterocycles. The second-order valence-electron chi connectivity index (χ2n) is 3.43. The number of imide groups is 1. The van der Waals surface area contributed by atoms with Gasteiger partial charge in [0.1, 0.15) is 12.4 Å². The number of hydrogen-bond donors (Lipinski definition) is 0. The van der Waals surface area contributed by atoms with Gasteiger partial charge in [-0.1, -0.05) is 6.07 Å². The monoisotopic (exact) mass is 237 g/mol. The van der Waals surface area contributed by atoms with Crippen LogP contribution in [0, 0.1) is 5.82 Å². The first-order valence-electron chi connectivity index (χ1n) is 4.77. The minimum absolute atomic E-state index is 0.0288. The van der Waals surface area contributed by atoms with Gasteiger partial charge in [-0.25, -0.2) is 4.39 Å². The van der Waals surface area contributed by atoms with E-state index in [1.54, 1.807) is 0 Å². The predicted octanol–water partition coefficient (Wildman–Crippen LogP) is 0.595. The van der Waals surface area contributed by atoms with Crippen molar-refractivity contribution < 1.29 is 23.5 Å². The number of carbonyl (C=O) groups is 3. The number of rotatable bonds is 2. The van der Waals surface area contributed by atoms with E-state index in [0.29, 0.717) is 4.90 Å². The Morgan fingerprint density at radius 1 is 1.35 bits per heavy atom. The zero-order chi connectivity index (χ0) is 12.6. The molecule has 0 N–H and O–H groups in total. The highest BCUT2D eigenvalue weighted by Crippen LogP contribution is 2.24. The first kappa shape index (κ1) is 11.3. The van der Waals surface area contributed by atoms with Crippen LogP contribution in [-0.2, 0) is 9.53 Å². The van der Waals surface area contributed by atoms with Crippen molar-refractivity contribution in [1.29, 1.82) is 0 Å². The molecule has 1 aromatic rings. The number of amides is 2. The summed E-state index contributed by atoms with van der Waals surface area (Å²) in [6, 6.07) is 3.77. The molecule has 0 aliphatic carbocycles. The van der Waals surface area contributed by atoms with Crippen molar-refractivity contribution in [2.24, 2.45) is 0 Å². The Labute approximate surface area is 95.8 Å². The van der Waals surface area contributed by atoms with Crippen LogP contribution < -0.4 is 0 Å². The smallest absolute Gasteiger partial charge is 0.325 e. The van der Waals surface area contributed by atoms with E-state index in [4.69, 9.17) is 0 Å². The van der Waals surface area contributed by atoms with Gasteiger partial charge in [-0.15, -0.1) is 0 Å². The van der Waals surface area contributed by atoms with E-state index in [0.717, 1.165) is 13.2 Å². The maximum Gasteiger partial charge on any atom is 0.325 e. The number of methoxy groups -OCH3 is 1. The molecule has 0 unspecified atom stereocenters. The Morgan fingerprint density at radius 3 is 2.65 bits per heavy atom. The number of hydrogen-bond acceptors (Lipinski definition) is 4. The van der Waals surface area contributed by atoms with Crippen LogP contribution in [0.15, 0.2) is 18.2 Å². The van der Waals surface area contributed by atoms with Crippen molar-refractivity contribution in [1.82, 2.24) is 4.90 Å². The van der Waals surface area contributed by atoms with E-state index in [1.165, 1.54) is 12.1 Å². The Hall–Kier alpha value is -2.24. The van der Waals surface area contributed by atoms with Crippen LogP contribution in [-0.4, -0.2) is 36.3 Å². The number of ether oxygens (including phenoxy) is 1. The molecule has 6 heteroatoms. The molecule has 0 radical (unpaired) electrons. The van der Waals surface area contributed by atoms with E-state index >= 15 is 0 Å². The topological polar surface area (TPSA) is 63.7 Å². The molecule has 5 nitrogen and oxygen atoms in total. The molecule has 0 fully saturated rings. The van der Waals surface area contributed by atoms with E-state index in [1.807, 2.05) is 0 Å². The van der Waals surface area contributed by atoms with Gasteiger partial charge in [0.05, 0.1) is 18.2 Å². The summed E-state index contributed by atoms with van der Waals surface area (Å²) in [6.45, 7) is -0.512.